The summed E-state index contributed by atoms with van der Waals surface area (Å²) in [4.78, 5) is 19.8. The fourth-order valence-corrected chi connectivity index (χ4v) is 4.06. The minimum Gasteiger partial charge on any atom is -0.497 e. The van der Waals surface area contributed by atoms with Gasteiger partial charge < -0.3 is 20.1 Å². The van der Waals surface area contributed by atoms with E-state index in [0.29, 0.717) is 6.54 Å². The number of rotatable bonds is 9. The van der Waals surface area contributed by atoms with E-state index in [0.717, 1.165) is 34.7 Å². The summed E-state index contributed by atoms with van der Waals surface area (Å²) in [5, 5.41) is 0. The summed E-state index contributed by atoms with van der Waals surface area (Å²) in [6, 6.07) is 21.5. The highest BCUT2D eigenvalue weighted by Gasteiger charge is 2.47. The Morgan fingerprint density at radius 3 is 2.30 bits per heavy atom. The van der Waals surface area contributed by atoms with Crippen LogP contribution < -0.4 is 15.4 Å². The Bertz CT molecular complexity index is 1050. The molecular weight excluding hydrogens is 414 g/mol. The molecule has 0 radical (unpaired) electrons. The maximum atomic E-state index is 13.5. The molecular formula is C27H31N3O3. The molecule has 1 aromatic heterocycles. The van der Waals surface area contributed by atoms with Gasteiger partial charge >= 0.3 is 0 Å². The summed E-state index contributed by atoms with van der Waals surface area (Å²) in [6.45, 7) is 2.31. The van der Waals surface area contributed by atoms with Crippen LogP contribution in [0.3, 0.4) is 0 Å². The molecule has 2 aromatic carbocycles. The maximum absolute atomic E-state index is 13.5. The van der Waals surface area contributed by atoms with E-state index in [1.54, 1.807) is 20.4 Å². The summed E-state index contributed by atoms with van der Waals surface area (Å²) >= 11 is 0. The van der Waals surface area contributed by atoms with Crippen molar-refractivity contribution < 1.29 is 14.3 Å². The van der Waals surface area contributed by atoms with Gasteiger partial charge in [0.25, 0.3) is 0 Å². The largest absolute Gasteiger partial charge is 0.497 e. The lowest BCUT2D eigenvalue weighted by molar-refractivity contribution is -0.120. The van der Waals surface area contributed by atoms with Crippen LogP contribution in [0.4, 0.5) is 5.69 Å². The van der Waals surface area contributed by atoms with E-state index in [9.17, 15) is 4.79 Å². The minimum atomic E-state index is -0.299. The molecule has 1 aliphatic carbocycles. The van der Waals surface area contributed by atoms with E-state index in [4.69, 9.17) is 15.2 Å². The number of nitrogens with zero attached hydrogens (tertiary/aromatic N) is 2. The van der Waals surface area contributed by atoms with Crippen molar-refractivity contribution in [2.45, 2.75) is 31.4 Å². The average molecular weight is 446 g/mol. The summed E-state index contributed by atoms with van der Waals surface area (Å²) in [7, 11) is 3.29. The van der Waals surface area contributed by atoms with Gasteiger partial charge in [0.1, 0.15) is 5.75 Å². The molecule has 1 aliphatic rings. The Morgan fingerprint density at radius 2 is 1.73 bits per heavy atom. The van der Waals surface area contributed by atoms with Crippen molar-refractivity contribution >= 4 is 11.6 Å². The number of carbonyl (C=O) groups is 1. The zero-order valence-corrected chi connectivity index (χ0v) is 19.3. The van der Waals surface area contributed by atoms with E-state index in [2.05, 4.69) is 4.98 Å². The van der Waals surface area contributed by atoms with E-state index in [1.165, 1.54) is 0 Å². The molecule has 4 atom stereocenters. The molecule has 1 fully saturated rings. The van der Waals surface area contributed by atoms with Crippen LogP contribution >= 0.6 is 0 Å². The molecule has 0 unspecified atom stereocenters. The second-order valence-corrected chi connectivity index (χ2v) is 8.53. The monoisotopic (exact) mass is 445 g/mol. The first-order chi connectivity index (χ1) is 16.0. The van der Waals surface area contributed by atoms with E-state index in [-0.39, 0.29) is 29.9 Å². The van der Waals surface area contributed by atoms with Gasteiger partial charge in [-0.1, -0.05) is 30.3 Å². The lowest BCUT2D eigenvalue weighted by atomic mass is 10.0. The highest BCUT2D eigenvalue weighted by atomic mass is 16.5. The SMILES string of the molecule is COc1ccc(-c2ccc(N(C[C@@H](N)[C@@H](C)OC)C(=O)[C@@H]3C[C@H]3c3ccccn3)cc2)cc1. The molecule has 172 valence electrons. The summed E-state index contributed by atoms with van der Waals surface area (Å²) in [5.74, 6) is 0.990. The van der Waals surface area contributed by atoms with Crippen molar-refractivity contribution in [2.24, 2.45) is 11.7 Å². The Kier molecular flexibility index (Phi) is 7.06. The van der Waals surface area contributed by atoms with Crippen LogP contribution in [0, 0.1) is 5.92 Å². The molecule has 2 N–H and O–H groups in total. The number of ether oxygens (including phenoxy) is 2. The summed E-state index contributed by atoms with van der Waals surface area (Å²) in [5.41, 5.74) is 10.3. The van der Waals surface area contributed by atoms with Gasteiger partial charge in [-0.05, 0) is 60.9 Å². The van der Waals surface area contributed by atoms with Gasteiger partial charge in [-0.3, -0.25) is 9.78 Å². The molecule has 1 amide bonds. The third-order valence-corrected chi connectivity index (χ3v) is 6.41. The van der Waals surface area contributed by atoms with E-state index in [1.807, 2.05) is 78.6 Å². The number of benzene rings is 2. The van der Waals surface area contributed by atoms with Gasteiger partial charge in [-0.15, -0.1) is 0 Å². The number of nitrogens with two attached hydrogens (primary N) is 1. The fourth-order valence-electron chi connectivity index (χ4n) is 4.06. The zero-order valence-electron chi connectivity index (χ0n) is 19.3. The predicted octanol–water partition coefficient (Wildman–Crippen LogP) is 4.26. The normalized spacial score (nSPS) is 18.9. The highest BCUT2D eigenvalue weighted by Crippen LogP contribution is 2.48. The molecule has 6 nitrogen and oxygen atoms in total. The first kappa shape index (κ1) is 23.0. The molecule has 4 rings (SSSR count). The molecule has 0 saturated heterocycles. The first-order valence-corrected chi connectivity index (χ1v) is 11.3. The van der Waals surface area contributed by atoms with Crippen LogP contribution in [0.1, 0.15) is 25.0 Å². The quantitative estimate of drug-likeness (QED) is 0.533. The van der Waals surface area contributed by atoms with Crippen molar-refractivity contribution in [1.82, 2.24) is 4.98 Å². The molecule has 0 spiro atoms. The summed E-state index contributed by atoms with van der Waals surface area (Å²) in [6.07, 6.45) is 2.43. The Labute approximate surface area is 195 Å². The third-order valence-electron chi connectivity index (χ3n) is 6.41. The number of anilines is 1. The Morgan fingerprint density at radius 1 is 1.06 bits per heavy atom. The standard InChI is InChI=1S/C27H31N3O3/c1-18(32-2)25(28)17-30(27(31)24-16-23(24)26-6-4-5-15-29-26)21-11-7-19(8-12-21)20-9-13-22(33-3)14-10-20/h4-15,18,23-25H,16-17,28H2,1-3H3/t18-,23-,24-,25-/m1/s1. The van der Waals surface area contributed by atoms with Gasteiger partial charge in [0.15, 0.2) is 0 Å². The summed E-state index contributed by atoms with van der Waals surface area (Å²) < 4.78 is 10.7. The number of aromatic nitrogens is 1. The molecule has 1 saturated carbocycles. The lowest BCUT2D eigenvalue weighted by Gasteiger charge is -2.29. The van der Waals surface area contributed by atoms with Crippen molar-refractivity contribution in [3.8, 4) is 16.9 Å². The molecule has 6 heteroatoms. The van der Waals surface area contributed by atoms with Crippen molar-refractivity contribution in [2.75, 3.05) is 25.7 Å². The molecule has 1 heterocycles. The lowest BCUT2D eigenvalue weighted by Crippen LogP contribution is -2.47. The minimum absolute atomic E-state index is 0.0776. The van der Waals surface area contributed by atoms with Gasteiger partial charge in [-0.2, -0.15) is 0 Å². The van der Waals surface area contributed by atoms with Gasteiger partial charge in [0, 0.05) is 49.1 Å². The van der Waals surface area contributed by atoms with Gasteiger partial charge in [-0.25, -0.2) is 0 Å². The first-order valence-electron chi connectivity index (χ1n) is 11.3. The van der Waals surface area contributed by atoms with Crippen molar-refractivity contribution in [1.29, 1.82) is 0 Å². The van der Waals surface area contributed by atoms with Crippen LogP contribution in [0.25, 0.3) is 11.1 Å². The number of methoxy groups -OCH3 is 2. The molecule has 0 bridgehead atoms. The molecule has 33 heavy (non-hydrogen) atoms. The maximum Gasteiger partial charge on any atom is 0.230 e. The predicted molar refractivity (Wildman–Crippen MR) is 130 cm³/mol. The Hall–Kier alpha value is -3.22. The smallest absolute Gasteiger partial charge is 0.230 e. The van der Waals surface area contributed by atoms with Crippen LogP contribution in [-0.4, -0.2) is 43.8 Å². The van der Waals surface area contributed by atoms with Gasteiger partial charge in [0.2, 0.25) is 5.91 Å². The van der Waals surface area contributed by atoms with Gasteiger partial charge in [0.05, 0.1) is 13.2 Å². The van der Waals surface area contributed by atoms with E-state index < -0.39 is 0 Å². The van der Waals surface area contributed by atoms with Crippen LogP contribution in [0.5, 0.6) is 5.75 Å². The average Bonchev–Trinajstić information content (AvgIpc) is 3.68. The topological polar surface area (TPSA) is 77.7 Å². The Balaban J connectivity index is 1.55. The van der Waals surface area contributed by atoms with Crippen LogP contribution in [-0.2, 0) is 9.53 Å². The molecule has 0 aliphatic heterocycles. The highest BCUT2D eigenvalue weighted by molar-refractivity contribution is 5.97. The van der Waals surface area contributed by atoms with E-state index >= 15 is 0 Å². The van der Waals surface area contributed by atoms with Crippen molar-refractivity contribution in [3.05, 3.63) is 78.6 Å². The second-order valence-electron chi connectivity index (χ2n) is 8.53. The van der Waals surface area contributed by atoms with Crippen LogP contribution in [0.2, 0.25) is 0 Å². The molecule has 3 aromatic rings. The number of hydrogen-bond acceptors (Lipinski definition) is 5. The van der Waals surface area contributed by atoms with Crippen molar-refractivity contribution in [3.63, 3.8) is 0 Å². The third kappa shape index (κ3) is 5.24. The zero-order chi connectivity index (χ0) is 23.4. The number of hydrogen-bond donors (Lipinski definition) is 1. The van der Waals surface area contributed by atoms with Crippen LogP contribution in [0.15, 0.2) is 72.9 Å². The number of pyridine rings is 1. The second kappa shape index (κ2) is 10.1. The fraction of sp³-hybridized carbons (Fsp3) is 0.333. The number of amides is 1. The number of carbonyl (C=O) groups excluding carboxylic acids is 1.